The summed E-state index contributed by atoms with van der Waals surface area (Å²) >= 11 is 13.0. The van der Waals surface area contributed by atoms with Gasteiger partial charge in [0.05, 0.1) is 20.4 Å². The van der Waals surface area contributed by atoms with Crippen LogP contribution >= 0.6 is 34.5 Å². The maximum absolute atomic E-state index is 11.2. The lowest BCUT2D eigenvalue weighted by Crippen LogP contribution is -2.03. The number of halogens is 2. The van der Waals surface area contributed by atoms with Gasteiger partial charge in [-0.15, -0.1) is 0 Å². The second-order valence-electron chi connectivity index (χ2n) is 5.79. The van der Waals surface area contributed by atoms with Crippen LogP contribution in [0, 0.1) is 10.1 Å². The molecule has 1 N–H and O–H groups in total. The Hall–Kier alpha value is -2.81. The summed E-state index contributed by atoms with van der Waals surface area (Å²) in [5.41, 5.74) is 1.67. The summed E-state index contributed by atoms with van der Waals surface area (Å²) in [4.78, 5) is 24.4. The Morgan fingerprint density at radius 2 is 1.86 bits per heavy atom. The molecule has 7 nitrogen and oxygen atoms in total. The average molecular weight is 432 g/mol. The normalized spacial score (nSPS) is 10.9. The van der Waals surface area contributed by atoms with Crippen molar-refractivity contribution in [3.05, 3.63) is 74.5 Å². The minimum Gasteiger partial charge on any atom is -0.365 e. The Kier molecular flexibility index (Phi) is 5.08. The van der Waals surface area contributed by atoms with E-state index in [1.54, 1.807) is 36.7 Å². The Balaban J connectivity index is 1.75. The maximum atomic E-state index is 11.2. The van der Waals surface area contributed by atoms with Gasteiger partial charge < -0.3 is 5.32 Å². The van der Waals surface area contributed by atoms with Crippen molar-refractivity contribution in [2.75, 3.05) is 5.32 Å². The Bertz CT molecular complexity index is 1180. The maximum Gasteiger partial charge on any atom is 0.326 e. The molecule has 0 bridgehead atoms. The first-order chi connectivity index (χ1) is 13.5. The number of pyridine rings is 1. The summed E-state index contributed by atoms with van der Waals surface area (Å²) in [6.07, 6.45) is 3.28. The van der Waals surface area contributed by atoms with Crippen LogP contribution in [-0.4, -0.2) is 19.9 Å². The highest BCUT2D eigenvalue weighted by molar-refractivity contribution is 7.21. The van der Waals surface area contributed by atoms with E-state index in [1.807, 2.05) is 6.07 Å². The van der Waals surface area contributed by atoms with Gasteiger partial charge in [-0.2, -0.15) is 0 Å². The van der Waals surface area contributed by atoms with Crippen molar-refractivity contribution in [1.29, 1.82) is 0 Å². The molecule has 140 valence electrons. The second-order valence-corrected chi connectivity index (χ2v) is 7.62. The summed E-state index contributed by atoms with van der Waals surface area (Å²) in [6, 6.07) is 10.4. The molecule has 0 spiro atoms. The van der Waals surface area contributed by atoms with E-state index in [1.165, 1.54) is 6.07 Å². The van der Waals surface area contributed by atoms with Gasteiger partial charge in [0.2, 0.25) is 0 Å². The van der Waals surface area contributed by atoms with Crippen molar-refractivity contribution in [1.82, 2.24) is 15.0 Å². The molecule has 0 radical (unpaired) electrons. The van der Waals surface area contributed by atoms with Crippen LogP contribution in [0.2, 0.25) is 10.0 Å². The number of anilines is 1. The molecule has 4 aromatic rings. The number of fused-ring (bicyclic) bond motifs is 1. The third-order valence-electron chi connectivity index (χ3n) is 3.94. The molecule has 0 saturated heterocycles. The molecule has 28 heavy (non-hydrogen) atoms. The van der Waals surface area contributed by atoms with Gasteiger partial charge in [0.25, 0.3) is 0 Å². The van der Waals surface area contributed by atoms with Crippen LogP contribution in [0.1, 0.15) is 5.56 Å². The molecule has 0 fully saturated rings. The lowest BCUT2D eigenvalue weighted by molar-refractivity contribution is -0.380. The molecule has 0 amide bonds. The van der Waals surface area contributed by atoms with Crippen LogP contribution in [0.5, 0.6) is 0 Å². The van der Waals surface area contributed by atoms with E-state index >= 15 is 0 Å². The van der Waals surface area contributed by atoms with Gasteiger partial charge in [-0.25, -0.2) is 9.97 Å². The minimum atomic E-state index is -0.429. The topological polar surface area (TPSA) is 93.8 Å². The molecular formula is C18H11Cl2N5O2S. The predicted octanol–water partition coefficient (Wildman–Crippen LogP) is 5.58. The smallest absolute Gasteiger partial charge is 0.326 e. The van der Waals surface area contributed by atoms with Crippen LogP contribution in [0.15, 0.2) is 48.8 Å². The molecule has 3 aromatic heterocycles. The number of hydrogen-bond donors (Lipinski definition) is 1. The lowest BCUT2D eigenvalue weighted by Gasteiger charge is -2.09. The Morgan fingerprint density at radius 3 is 2.57 bits per heavy atom. The first-order valence-corrected chi connectivity index (χ1v) is 9.62. The van der Waals surface area contributed by atoms with Crippen LogP contribution in [-0.2, 0) is 6.54 Å². The zero-order valence-corrected chi connectivity index (χ0v) is 16.4. The van der Waals surface area contributed by atoms with E-state index in [-0.39, 0.29) is 5.00 Å². The molecule has 10 heteroatoms. The molecule has 1 aromatic carbocycles. The monoisotopic (exact) mass is 431 g/mol. The number of rotatable bonds is 5. The van der Waals surface area contributed by atoms with Gasteiger partial charge >= 0.3 is 5.00 Å². The highest BCUT2D eigenvalue weighted by atomic mass is 35.5. The van der Waals surface area contributed by atoms with Gasteiger partial charge in [-0.05, 0) is 41.2 Å². The molecule has 0 aliphatic heterocycles. The molecule has 0 saturated carbocycles. The van der Waals surface area contributed by atoms with Crippen molar-refractivity contribution in [3.8, 4) is 11.4 Å². The number of nitrogens with one attached hydrogen (secondary N) is 1. The third kappa shape index (κ3) is 3.75. The highest BCUT2D eigenvalue weighted by Gasteiger charge is 2.18. The standard InChI is InChI=1S/C18H11Cl2N5O2S/c19-13-2-1-10(7-14(13)20)9-22-17-12-8-15(25(26)27)28-18(12)24-16(23-17)11-3-5-21-6-4-11/h1-8H,9H2,(H,22,23,24). The summed E-state index contributed by atoms with van der Waals surface area (Å²) in [5, 5.41) is 16.0. The molecule has 3 heterocycles. The SMILES string of the molecule is O=[N+]([O-])c1cc2c(NCc3ccc(Cl)c(Cl)c3)nc(-c3ccncc3)nc2s1. The van der Waals surface area contributed by atoms with Crippen LogP contribution in [0.3, 0.4) is 0 Å². The molecule has 0 unspecified atom stereocenters. The van der Waals surface area contributed by atoms with Crippen molar-refractivity contribution in [2.24, 2.45) is 0 Å². The fourth-order valence-corrected chi connectivity index (χ4v) is 3.77. The average Bonchev–Trinajstić information content (AvgIpc) is 3.14. The number of benzene rings is 1. The fourth-order valence-electron chi connectivity index (χ4n) is 2.60. The van der Waals surface area contributed by atoms with Crippen molar-refractivity contribution >= 4 is 55.6 Å². The van der Waals surface area contributed by atoms with E-state index < -0.39 is 4.92 Å². The van der Waals surface area contributed by atoms with Crippen LogP contribution in [0.25, 0.3) is 21.6 Å². The quantitative estimate of drug-likeness (QED) is 0.327. The van der Waals surface area contributed by atoms with E-state index in [0.29, 0.717) is 38.4 Å². The second kappa shape index (κ2) is 7.67. The van der Waals surface area contributed by atoms with Gasteiger partial charge in [0.1, 0.15) is 10.6 Å². The van der Waals surface area contributed by atoms with E-state index in [9.17, 15) is 10.1 Å². The largest absolute Gasteiger partial charge is 0.365 e. The number of thiophene rings is 1. The van der Waals surface area contributed by atoms with Crippen LogP contribution in [0.4, 0.5) is 10.8 Å². The molecule has 0 aliphatic carbocycles. The third-order valence-corrected chi connectivity index (χ3v) is 5.66. The van der Waals surface area contributed by atoms with E-state index in [4.69, 9.17) is 23.2 Å². The van der Waals surface area contributed by atoms with Crippen molar-refractivity contribution < 1.29 is 4.92 Å². The lowest BCUT2D eigenvalue weighted by atomic mass is 10.2. The summed E-state index contributed by atoms with van der Waals surface area (Å²) in [5.74, 6) is 0.968. The summed E-state index contributed by atoms with van der Waals surface area (Å²) in [7, 11) is 0. The summed E-state index contributed by atoms with van der Waals surface area (Å²) < 4.78 is 0. The number of hydrogen-bond acceptors (Lipinski definition) is 7. The number of nitrogens with zero attached hydrogens (tertiary/aromatic N) is 4. The minimum absolute atomic E-state index is 0.00812. The van der Waals surface area contributed by atoms with Gasteiger partial charge in [0.15, 0.2) is 5.82 Å². The number of aromatic nitrogens is 3. The predicted molar refractivity (Wildman–Crippen MR) is 111 cm³/mol. The van der Waals surface area contributed by atoms with Gasteiger partial charge in [-0.1, -0.05) is 29.3 Å². The van der Waals surface area contributed by atoms with Gasteiger partial charge in [0, 0.05) is 30.6 Å². The van der Waals surface area contributed by atoms with Crippen molar-refractivity contribution in [3.63, 3.8) is 0 Å². The van der Waals surface area contributed by atoms with Crippen LogP contribution < -0.4 is 5.32 Å². The molecule has 0 atom stereocenters. The fraction of sp³-hybridized carbons (Fsp3) is 0.0556. The number of nitro groups is 1. The molecular weight excluding hydrogens is 421 g/mol. The first-order valence-electron chi connectivity index (χ1n) is 8.05. The zero-order valence-electron chi connectivity index (χ0n) is 14.1. The van der Waals surface area contributed by atoms with Crippen molar-refractivity contribution in [2.45, 2.75) is 6.54 Å². The molecule has 4 rings (SSSR count). The molecule has 0 aliphatic rings. The Morgan fingerprint density at radius 1 is 1.07 bits per heavy atom. The Labute approximate surface area is 173 Å². The van der Waals surface area contributed by atoms with E-state index in [0.717, 1.165) is 22.5 Å². The van der Waals surface area contributed by atoms with Gasteiger partial charge in [-0.3, -0.25) is 15.1 Å². The van der Waals surface area contributed by atoms with E-state index in [2.05, 4.69) is 20.3 Å². The summed E-state index contributed by atoms with van der Waals surface area (Å²) in [6.45, 7) is 0.419. The zero-order chi connectivity index (χ0) is 19.7. The highest BCUT2D eigenvalue weighted by Crippen LogP contribution is 2.35. The first kappa shape index (κ1) is 18.5.